The van der Waals surface area contributed by atoms with Crippen molar-refractivity contribution in [2.24, 2.45) is 11.8 Å². The van der Waals surface area contributed by atoms with Crippen molar-refractivity contribution < 1.29 is 19.1 Å². The molecule has 0 aliphatic carbocycles. The zero-order valence-corrected chi connectivity index (χ0v) is 10.2. The Labute approximate surface area is 96.3 Å². The average Bonchev–Trinajstić information content (AvgIpc) is 2.20. The fraction of sp³-hybridized carbons (Fsp3) is 0.667. The summed E-state index contributed by atoms with van der Waals surface area (Å²) in [6, 6.07) is 0. The molecule has 4 nitrogen and oxygen atoms in total. The normalized spacial score (nSPS) is 9.62. The van der Waals surface area contributed by atoms with Gasteiger partial charge in [0.1, 0.15) is 0 Å². The van der Waals surface area contributed by atoms with Crippen LogP contribution in [0.15, 0.2) is 0 Å². The van der Waals surface area contributed by atoms with Crippen LogP contribution in [0.5, 0.6) is 0 Å². The Hall–Kier alpha value is -1.50. The Morgan fingerprint density at radius 3 is 1.44 bits per heavy atom. The quantitative estimate of drug-likeness (QED) is 0.413. The molecule has 90 valence electrons. The zero-order valence-electron chi connectivity index (χ0n) is 10.2. The Morgan fingerprint density at radius 1 is 0.875 bits per heavy atom. The van der Waals surface area contributed by atoms with E-state index in [-0.39, 0.29) is 11.8 Å². The zero-order chi connectivity index (χ0) is 12.6. The molecule has 0 saturated carbocycles. The summed E-state index contributed by atoms with van der Waals surface area (Å²) in [6.07, 6.45) is 0. The highest BCUT2D eigenvalue weighted by Crippen LogP contribution is 1.93. The second-order valence-electron chi connectivity index (χ2n) is 4.23. The van der Waals surface area contributed by atoms with E-state index in [0.29, 0.717) is 13.2 Å². The SMILES string of the molecule is CC(C)COC(=O)C#CC(=O)OCC(C)C. The van der Waals surface area contributed by atoms with Gasteiger partial charge >= 0.3 is 11.9 Å². The van der Waals surface area contributed by atoms with Crippen LogP contribution in [0.3, 0.4) is 0 Å². The van der Waals surface area contributed by atoms with Crippen molar-refractivity contribution in [3.05, 3.63) is 0 Å². The second kappa shape index (κ2) is 7.75. The van der Waals surface area contributed by atoms with Crippen molar-refractivity contribution in [1.29, 1.82) is 0 Å². The van der Waals surface area contributed by atoms with E-state index in [0.717, 1.165) is 0 Å². The third-order valence-electron chi connectivity index (χ3n) is 1.36. The molecule has 0 amide bonds. The number of esters is 2. The summed E-state index contributed by atoms with van der Waals surface area (Å²) in [5.74, 6) is 3.25. The number of carbonyl (C=O) groups is 2. The number of hydrogen-bond donors (Lipinski definition) is 0. The fourth-order valence-electron chi connectivity index (χ4n) is 0.659. The molecule has 4 heteroatoms. The number of ether oxygens (including phenoxy) is 2. The smallest absolute Gasteiger partial charge is 0.384 e. The first-order valence-corrected chi connectivity index (χ1v) is 5.27. The van der Waals surface area contributed by atoms with Gasteiger partial charge in [-0.05, 0) is 11.8 Å². The molecule has 0 rings (SSSR count). The van der Waals surface area contributed by atoms with Crippen LogP contribution < -0.4 is 0 Å². The van der Waals surface area contributed by atoms with Crippen molar-refractivity contribution in [3.8, 4) is 11.8 Å². The third kappa shape index (κ3) is 9.07. The molecule has 0 saturated heterocycles. The van der Waals surface area contributed by atoms with Gasteiger partial charge in [-0.25, -0.2) is 9.59 Å². The summed E-state index contributed by atoms with van der Waals surface area (Å²) < 4.78 is 9.52. The van der Waals surface area contributed by atoms with E-state index in [4.69, 9.17) is 9.47 Å². The highest BCUT2D eigenvalue weighted by molar-refractivity contribution is 5.98. The molecular formula is C12H18O4. The van der Waals surface area contributed by atoms with Crippen molar-refractivity contribution in [2.45, 2.75) is 27.7 Å². The van der Waals surface area contributed by atoms with Gasteiger partial charge in [0.2, 0.25) is 0 Å². The lowest BCUT2D eigenvalue weighted by Gasteiger charge is -2.03. The lowest BCUT2D eigenvalue weighted by Crippen LogP contribution is -2.10. The molecule has 0 N–H and O–H groups in total. The summed E-state index contributed by atoms with van der Waals surface area (Å²) in [5.41, 5.74) is 0. The first-order chi connectivity index (χ1) is 7.41. The van der Waals surface area contributed by atoms with Gasteiger partial charge in [-0.3, -0.25) is 0 Å². The maximum atomic E-state index is 11.0. The third-order valence-corrected chi connectivity index (χ3v) is 1.36. The largest absolute Gasteiger partial charge is 0.456 e. The first-order valence-electron chi connectivity index (χ1n) is 5.27. The molecule has 0 aromatic rings. The number of carbonyl (C=O) groups excluding carboxylic acids is 2. The van der Waals surface area contributed by atoms with E-state index < -0.39 is 11.9 Å². The van der Waals surface area contributed by atoms with Crippen LogP contribution in [0.1, 0.15) is 27.7 Å². The number of hydrogen-bond acceptors (Lipinski definition) is 4. The minimum absolute atomic E-state index is 0.249. The summed E-state index contributed by atoms with van der Waals surface area (Å²) in [5, 5.41) is 0. The minimum Gasteiger partial charge on any atom is -0.456 e. The van der Waals surface area contributed by atoms with Crippen LogP contribution in [0.4, 0.5) is 0 Å². The van der Waals surface area contributed by atoms with Crippen molar-refractivity contribution in [1.82, 2.24) is 0 Å². The van der Waals surface area contributed by atoms with Gasteiger partial charge in [-0.1, -0.05) is 27.7 Å². The molecule has 0 atom stereocenters. The Morgan fingerprint density at radius 2 is 1.19 bits per heavy atom. The van der Waals surface area contributed by atoms with Crippen LogP contribution in [-0.2, 0) is 19.1 Å². The summed E-state index contributed by atoms with van der Waals surface area (Å²) >= 11 is 0. The Kier molecular flexibility index (Phi) is 7.02. The minimum atomic E-state index is -0.699. The monoisotopic (exact) mass is 226 g/mol. The molecule has 0 radical (unpaired) electrons. The molecule has 0 unspecified atom stereocenters. The maximum Gasteiger partial charge on any atom is 0.384 e. The Balaban J connectivity index is 3.89. The molecule has 16 heavy (non-hydrogen) atoms. The van der Waals surface area contributed by atoms with Gasteiger partial charge in [0.05, 0.1) is 13.2 Å². The standard InChI is InChI=1S/C12H18O4/c1-9(2)7-15-11(13)5-6-12(14)16-8-10(3)4/h9-10H,7-8H2,1-4H3. The van der Waals surface area contributed by atoms with Crippen molar-refractivity contribution >= 4 is 11.9 Å². The molecule has 0 spiro atoms. The molecule has 0 fully saturated rings. The summed E-state index contributed by atoms with van der Waals surface area (Å²) in [4.78, 5) is 22.0. The van der Waals surface area contributed by atoms with Gasteiger partial charge in [-0.15, -0.1) is 0 Å². The van der Waals surface area contributed by atoms with Crippen LogP contribution in [0.2, 0.25) is 0 Å². The average molecular weight is 226 g/mol. The van der Waals surface area contributed by atoms with Gasteiger partial charge in [0.25, 0.3) is 0 Å². The van der Waals surface area contributed by atoms with Crippen molar-refractivity contribution in [3.63, 3.8) is 0 Å². The summed E-state index contributed by atoms with van der Waals surface area (Å²) in [6.45, 7) is 8.26. The van der Waals surface area contributed by atoms with E-state index >= 15 is 0 Å². The van der Waals surface area contributed by atoms with Crippen molar-refractivity contribution in [2.75, 3.05) is 13.2 Å². The predicted octanol–water partition coefficient (Wildman–Crippen LogP) is 1.39. The van der Waals surface area contributed by atoms with Gasteiger partial charge in [0.15, 0.2) is 0 Å². The summed E-state index contributed by atoms with van der Waals surface area (Å²) in [7, 11) is 0. The molecule has 0 aromatic heterocycles. The molecule has 0 aliphatic heterocycles. The molecule has 0 aliphatic rings. The van der Waals surface area contributed by atoms with E-state index in [1.54, 1.807) is 0 Å². The first kappa shape index (κ1) is 14.5. The predicted molar refractivity (Wildman–Crippen MR) is 59.4 cm³/mol. The molecular weight excluding hydrogens is 208 g/mol. The topological polar surface area (TPSA) is 52.6 Å². The Bertz CT molecular complexity index is 266. The van der Waals surface area contributed by atoms with Crippen LogP contribution in [0, 0.1) is 23.7 Å². The fourth-order valence-corrected chi connectivity index (χ4v) is 0.659. The lowest BCUT2D eigenvalue weighted by atomic mass is 10.2. The number of rotatable bonds is 4. The van der Waals surface area contributed by atoms with E-state index in [2.05, 4.69) is 11.8 Å². The van der Waals surface area contributed by atoms with Gasteiger partial charge < -0.3 is 9.47 Å². The second-order valence-corrected chi connectivity index (χ2v) is 4.23. The van der Waals surface area contributed by atoms with Crippen LogP contribution >= 0.6 is 0 Å². The van der Waals surface area contributed by atoms with E-state index in [9.17, 15) is 9.59 Å². The van der Waals surface area contributed by atoms with Crippen LogP contribution in [0.25, 0.3) is 0 Å². The molecule has 0 aromatic carbocycles. The highest BCUT2D eigenvalue weighted by atomic mass is 16.5. The van der Waals surface area contributed by atoms with E-state index in [1.807, 2.05) is 27.7 Å². The lowest BCUT2D eigenvalue weighted by molar-refractivity contribution is -0.139. The van der Waals surface area contributed by atoms with E-state index in [1.165, 1.54) is 0 Å². The van der Waals surface area contributed by atoms with Gasteiger partial charge in [0, 0.05) is 11.8 Å². The molecule has 0 heterocycles. The highest BCUT2D eigenvalue weighted by Gasteiger charge is 2.02. The van der Waals surface area contributed by atoms with Gasteiger partial charge in [-0.2, -0.15) is 0 Å². The maximum absolute atomic E-state index is 11.0. The molecule has 0 bridgehead atoms. The van der Waals surface area contributed by atoms with Crippen LogP contribution in [-0.4, -0.2) is 25.2 Å².